The van der Waals surface area contributed by atoms with Crippen molar-refractivity contribution in [1.82, 2.24) is 41.1 Å². The summed E-state index contributed by atoms with van der Waals surface area (Å²) in [5.74, 6) is -1.19. The molecule has 16 heteroatoms. The van der Waals surface area contributed by atoms with Crippen LogP contribution >= 0.6 is 11.3 Å². The van der Waals surface area contributed by atoms with Crippen molar-refractivity contribution < 1.29 is 28.7 Å². The molecule has 0 unspecified atom stereocenters. The number of likely N-dealkylation sites (tertiary alicyclic amines) is 1. The van der Waals surface area contributed by atoms with E-state index in [0.717, 1.165) is 44.9 Å². The average molecular weight is 804 g/mol. The standard InChI is InChI=1S/C41H57N9O6S/c1-7-12-27(33(51)37(53)43-25-17-18-25)46-36(52)30-21-26(22-50(30)39(54)32(24-13-9-8-10-14-24)47-40(55)49-41(4,5)6)56-38-34-28(19-20-57-34)45-35(48-38)29-15-11-16-31(44-29)42-23(2)3/h11,15-16,19-20,23-27,30,32H,7-10,12-14,17-18,21-22H2,1-6H3,(H,42,44)(H,43,53)(H,46,52)(H2,47,49,55)/t26-,27+,30+,32+/m1/s1. The van der Waals surface area contributed by atoms with Gasteiger partial charge in [-0.1, -0.05) is 38.7 Å². The van der Waals surface area contributed by atoms with Crippen molar-refractivity contribution in [1.29, 1.82) is 0 Å². The van der Waals surface area contributed by atoms with Crippen molar-refractivity contribution in [2.45, 2.75) is 148 Å². The zero-order valence-corrected chi connectivity index (χ0v) is 34.7. The van der Waals surface area contributed by atoms with Crippen molar-refractivity contribution in [2.24, 2.45) is 5.92 Å². The van der Waals surface area contributed by atoms with E-state index in [2.05, 4.69) is 26.6 Å². The second-order valence-electron chi connectivity index (χ2n) is 16.9. The fourth-order valence-electron chi connectivity index (χ4n) is 7.51. The van der Waals surface area contributed by atoms with Gasteiger partial charge in [-0.2, -0.15) is 4.98 Å². The molecule has 1 aliphatic heterocycles. The van der Waals surface area contributed by atoms with Crippen molar-refractivity contribution in [3.8, 4) is 17.4 Å². The Bertz CT molecular complexity index is 1940. The van der Waals surface area contributed by atoms with E-state index in [0.29, 0.717) is 39.9 Å². The van der Waals surface area contributed by atoms with E-state index in [4.69, 9.17) is 19.7 Å². The Hall–Kier alpha value is -4.86. The molecule has 2 aliphatic carbocycles. The molecule has 0 radical (unpaired) electrons. The van der Waals surface area contributed by atoms with Crippen LogP contribution in [0.1, 0.15) is 106 Å². The summed E-state index contributed by atoms with van der Waals surface area (Å²) in [5, 5.41) is 16.7. The summed E-state index contributed by atoms with van der Waals surface area (Å²) in [6.07, 6.45) is 6.23. The van der Waals surface area contributed by atoms with Crippen LogP contribution in [0.2, 0.25) is 0 Å². The number of amides is 5. The molecule has 5 N–H and O–H groups in total. The molecular formula is C41H57N9O6S. The Morgan fingerprint density at radius 3 is 2.40 bits per heavy atom. The van der Waals surface area contributed by atoms with E-state index >= 15 is 0 Å². The molecule has 15 nitrogen and oxygen atoms in total. The highest BCUT2D eigenvalue weighted by molar-refractivity contribution is 7.17. The molecule has 57 heavy (non-hydrogen) atoms. The third kappa shape index (κ3) is 11.0. The lowest BCUT2D eigenvalue weighted by Crippen LogP contribution is -2.60. The van der Waals surface area contributed by atoms with Crippen molar-refractivity contribution in [2.75, 3.05) is 11.9 Å². The second kappa shape index (κ2) is 18.2. The van der Waals surface area contributed by atoms with Crippen LogP contribution in [0.5, 0.6) is 5.88 Å². The van der Waals surface area contributed by atoms with Crippen molar-refractivity contribution >= 4 is 56.9 Å². The molecule has 308 valence electrons. The summed E-state index contributed by atoms with van der Waals surface area (Å²) in [6, 6.07) is 4.12. The predicted octanol–water partition coefficient (Wildman–Crippen LogP) is 5.10. The van der Waals surface area contributed by atoms with E-state index in [1.807, 2.05) is 71.2 Å². The molecule has 4 atom stereocenters. The maximum absolute atomic E-state index is 14.8. The van der Waals surface area contributed by atoms with Gasteiger partial charge < -0.3 is 36.2 Å². The zero-order chi connectivity index (χ0) is 40.9. The minimum absolute atomic E-state index is 0.0199. The Kier molecular flexibility index (Phi) is 13.3. The van der Waals surface area contributed by atoms with Gasteiger partial charge in [-0.3, -0.25) is 19.2 Å². The number of carbonyl (C=O) groups is 5. The number of rotatable bonds is 15. The van der Waals surface area contributed by atoms with E-state index in [1.54, 1.807) is 0 Å². The first-order valence-electron chi connectivity index (χ1n) is 20.4. The van der Waals surface area contributed by atoms with E-state index in [1.165, 1.54) is 16.2 Å². The highest BCUT2D eigenvalue weighted by Crippen LogP contribution is 2.35. The van der Waals surface area contributed by atoms with Crippen molar-refractivity contribution in [3.63, 3.8) is 0 Å². The van der Waals surface area contributed by atoms with Crippen LogP contribution in [-0.2, 0) is 19.2 Å². The fourth-order valence-corrected chi connectivity index (χ4v) is 8.27. The van der Waals surface area contributed by atoms with Gasteiger partial charge in [-0.15, -0.1) is 11.3 Å². The zero-order valence-electron chi connectivity index (χ0n) is 33.9. The summed E-state index contributed by atoms with van der Waals surface area (Å²) in [5.41, 5.74) is 0.671. The van der Waals surface area contributed by atoms with E-state index in [9.17, 15) is 24.0 Å². The third-order valence-electron chi connectivity index (χ3n) is 10.3. The topological polar surface area (TPSA) is 197 Å². The van der Waals surface area contributed by atoms with Gasteiger partial charge in [0.05, 0.1) is 18.1 Å². The van der Waals surface area contributed by atoms with Crippen LogP contribution in [-0.4, -0.2) is 97.8 Å². The number of anilines is 1. The molecule has 0 spiro atoms. The molecule has 2 saturated carbocycles. The summed E-state index contributed by atoms with van der Waals surface area (Å²) in [4.78, 5) is 84.5. The van der Waals surface area contributed by atoms with Crippen LogP contribution in [0, 0.1) is 5.92 Å². The van der Waals surface area contributed by atoms with Gasteiger partial charge in [0.1, 0.15) is 34.4 Å². The number of Topliss-reactive ketones (excluding diaryl/α,β-unsaturated/α-hetero) is 1. The molecule has 3 aromatic heterocycles. The number of hydrogen-bond donors (Lipinski definition) is 5. The van der Waals surface area contributed by atoms with E-state index < -0.39 is 59.3 Å². The first-order chi connectivity index (χ1) is 27.2. The highest BCUT2D eigenvalue weighted by atomic mass is 32.1. The molecule has 3 aliphatic rings. The molecule has 5 amide bonds. The van der Waals surface area contributed by atoms with Crippen LogP contribution in [0.3, 0.4) is 0 Å². The normalized spacial score (nSPS) is 19.8. The summed E-state index contributed by atoms with van der Waals surface area (Å²) < 4.78 is 7.34. The number of pyridine rings is 1. The van der Waals surface area contributed by atoms with Gasteiger partial charge in [0.2, 0.25) is 23.5 Å². The SMILES string of the molecule is CCC[C@H](NC(=O)[C@@H]1C[C@@H](Oc2nc(-c3cccc(NC(C)C)n3)nc3ccsc23)CN1C(=O)[C@@H](NC(=O)NC(C)(C)C)C1CCCCC1)C(=O)C(=O)NC1CC1. The number of fused-ring (bicyclic) bond motifs is 1. The Balaban J connectivity index is 1.31. The largest absolute Gasteiger partial charge is 0.471 e. The highest BCUT2D eigenvalue weighted by Gasteiger charge is 2.46. The number of thiophene rings is 1. The predicted molar refractivity (Wildman–Crippen MR) is 219 cm³/mol. The monoisotopic (exact) mass is 803 g/mol. The maximum Gasteiger partial charge on any atom is 0.315 e. The summed E-state index contributed by atoms with van der Waals surface area (Å²) in [6.45, 7) is 11.5. The quantitative estimate of drug-likeness (QED) is 0.129. The molecule has 0 bridgehead atoms. The first-order valence-corrected chi connectivity index (χ1v) is 21.3. The fraction of sp³-hybridized carbons (Fsp3) is 0.610. The summed E-state index contributed by atoms with van der Waals surface area (Å²) >= 11 is 1.42. The third-order valence-corrected chi connectivity index (χ3v) is 11.2. The number of nitrogens with zero attached hydrogens (tertiary/aromatic N) is 4. The minimum atomic E-state index is -1.06. The van der Waals surface area contributed by atoms with Crippen LogP contribution in [0.25, 0.3) is 21.7 Å². The first kappa shape index (κ1) is 41.8. The number of aromatic nitrogens is 3. The number of nitrogens with one attached hydrogen (secondary N) is 5. The molecule has 6 rings (SSSR count). The number of ketones is 1. The van der Waals surface area contributed by atoms with Crippen molar-refractivity contribution in [3.05, 3.63) is 29.6 Å². The molecular weight excluding hydrogens is 747 g/mol. The molecule has 3 aromatic rings. The number of urea groups is 1. The van der Waals surface area contributed by atoms with Crippen LogP contribution in [0.4, 0.5) is 10.6 Å². The Morgan fingerprint density at radius 1 is 0.965 bits per heavy atom. The summed E-state index contributed by atoms with van der Waals surface area (Å²) in [7, 11) is 0. The van der Waals surface area contributed by atoms with Gasteiger partial charge >= 0.3 is 6.03 Å². The molecule has 3 fully saturated rings. The molecule has 4 heterocycles. The maximum atomic E-state index is 14.8. The number of ether oxygens (including phenoxy) is 1. The lowest BCUT2D eigenvalue weighted by atomic mass is 9.83. The number of carbonyl (C=O) groups excluding carboxylic acids is 5. The van der Waals surface area contributed by atoms with Gasteiger partial charge in [0.15, 0.2) is 5.82 Å². The van der Waals surface area contributed by atoms with E-state index in [-0.39, 0.29) is 37.4 Å². The Labute approximate surface area is 338 Å². The second-order valence-corrected chi connectivity index (χ2v) is 17.8. The lowest BCUT2D eigenvalue weighted by molar-refractivity contribution is -0.143. The lowest BCUT2D eigenvalue weighted by Gasteiger charge is -2.35. The molecule has 1 saturated heterocycles. The van der Waals surface area contributed by atoms with Crippen LogP contribution < -0.4 is 31.3 Å². The minimum Gasteiger partial charge on any atom is -0.471 e. The van der Waals surface area contributed by atoms with Gasteiger partial charge in [0, 0.05) is 24.0 Å². The van der Waals surface area contributed by atoms with Gasteiger partial charge in [0.25, 0.3) is 5.91 Å². The van der Waals surface area contributed by atoms with Gasteiger partial charge in [-0.25, -0.2) is 14.8 Å². The molecule has 0 aromatic carbocycles. The average Bonchev–Trinajstić information content (AvgIpc) is 3.66. The number of hydrogen-bond acceptors (Lipinski definition) is 11. The Morgan fingerprint density at radius 2 is 1.72 bits per heavy atom. The van der Waals surface area contributed by atoms with Crippen LogP contribution in [0.15, 0.2) is 29.6 Å². The van der Waals surface area contributed by atoms with Gasteiger partial charge in [-0.05, 0) is 96.2 Å². The smallest absolute Gasteiger partial charge is 0.315 e.